The average molecular weight is 604 g/mol. The Hall–Kier alpha value is -3.34. The van der Waals surface area contributed by atoms with Gasteiger partial charge in [0.2, 0.25) is 0 Å². The number of alkyl halides is 9. The summed E-state index contributed by atoms with van der Waals surface area (Å²) in [7, 11) is 0. The van der Waals surface area contributed by atoms with E-state index < -0.39 is 40.6 Å². The van der Waals surface area contributed by atoms with Crippen molar-refractivity contribution in [3.05, 3.63) is 135 Å². The van der Waals surface area contributed by atoms with E-state index in [1.165, 1.54) is 36.5 Å². The fourth-order valence-corrected chi connectivity index (χ4v) is 4.62. The zero-order chi connectivity index (χ0) is 27.9. The molecule has 1 nitrogen and oxygen atoms in total. The van der Waals surface area contributed by atoms with Gasteiger partial charge in [0.05, 0.1) is 22.1 Å². The van der Waals surface area contributed by atoms with Crippen LogP contribution in [0.5, 0.6) is 0 Å². The van der Waals surface area contributed by atoms with Crippen LogP contribution >= 0.6 is 15.9 Å². The number of hydrogen-bond donors (Lipinski definition) is 0. The van der Waals surface area contributed by atoms with Gasteiger partial charge in [-0.15, -0.1) is 0 Å². The smallest absolute Gasteiger partial charge is 0.249 e. The Balaban J connectivity index is 2.21. The molecule has 0 saturated heterocycles. The number of rotatable bonds is 4. The van der Waals surface area contributed by atoms with Crippen molar-refractivity contribution in [2.45, 2.75) is 23.9 Å². The van der Waals surface area contributed by atoms with E-state index in [2.05, 4.69) is 20.9 Å². The van der Waals surface area contributed by atoms with E-state index in [4.69, 9.17) is 0 Å². The molecule has 0 spiro atoms. The van der Waals surface area contributed by atoms with Crippen LogP contribution in [0.1, 0.15) is 38.9 Å². The molecule has 0 bridgehead atoms. The van der Waals surface area contributed by atoms with Crippen LogP contribution in [0.4, 0.5) is 39.5 Å². The van der Waals surface area contributed by atoms with Crippen molar-refractivity contribution in [2.24, 2.45) is 0 Å². The van der Waals surface area contributed by atoms with Crippen molar-refractivity contribution in [3.63, 3.8) is 0 Å². The Kier molecular flexibility index (Phi) is 7.11. The molecule has 0 aliphatic heterocycles. The Labute approximate surface area is 219 Å². The largest absolute Gasteiger partial charge is 0.416 e. The van der Waals surface area contributed by atoms with E-state index in [0.717, 1.165) is 54.6 Å². The van der Waals surface area contributed by atoms with E-state index in [-0.39, 0.29) is 22.3 Å². The normalized spacial score (nSPS) is 13.0. The molecule has 0 unspecified atom stereocenters. The van der Waals surface area contributed by atoms with Crippen molar-refractivity contribution >= 4 is 15.9 Å². The summed E-state index contributed by atoms with van der Waals surface area (Å²) in [5, 5.41) is 0. The molecule has 198 valence electrons. The zero-order valence-electron chi connectivity index (χ0n) is 18.9. The van der Waals surface area contributed by atoms with Gasteiger partial charge in [0.1, 0.15) is 4.60 Å². The van der Waals surface area contributed by atoms with Gasteiger partial charge in [0.15, 0.2) is 0 Å². The Morgan fingerprint density at radius 1 is 0.447 bits per heavy atom. The number of halogens is 10. The van der Waals surface area contributed by atoms with Crippen LogP contribution in [0.15, 0.2) is 95.7 Å². The van der Waals surface area contributed by atoms with Crippen LogP contribution in [0, 0.1) is 0 Å². The van der Waals surface area contributed by atoms with E-state index in [1.54, 1.807) is 0 Å². The van der Waals surface area contributed by atoms with Gasteiger partial charge in [-0.2, -0.15) is 39.5 Å². The second-order valence-corrected chi connectivity index (χ2v) is 9.17. The number of benzene rings is 3. The van der Waals surface area contributed by atoms with Gasteiger partial charge in [-0.1, -0.05) is 60.7 Å². The lowest BCUT2D eigenvalue weighted by atomic mass is 9.65. The zero-order valence-corrected chi connectivity index (χ0v) is 20.5. The maximum atomic E-state index is 13.7. The van der Waals surface area contributed by atoms with E-state index in [9.17, 15) is 39.5 Å². The minimum atomic E-state index is -4.83. The summed E-state index contributed by atoms with van der Waals surface area (Å²) in [4.78, 5) is 4.09. The third-order valence-corrected chi connectivity index (χ3v) is 6.50. The predicted octanol–water partition coefficient (Wildman–Crippen LogP) is 9.28. The molecule has 3 aromatic carbocycles. The summed E-state index contributed by atoms with van der Waals surface area (Å²) < 4.78 is 124. The number of aromatic nitrogens is 1. The molecule has 0 fully saturated rings. The molecule has 38 heavy (non-hydrogen) atoms. The molecule has 0 atom stereocenters. The van der Waals surface area contributed by atoms with Crippen molar-refractivity contribution in [1.82, 2.24) is 4.98 Å². The third kappa shape index (κ3) is 5.29. The lowest BCUT2D eigenvalue weighted by Gasteiger charge is -2.37. The van der Waals surface area contributed by atoms with Gasteiger partial charge in [-0.25, -0.2) is 4.98 Å². The molecule has 0 radical (unpaired) electrons. The highest BCUT2D eigenvalue weighted by atomic mass is 79.9. The first kappa shape index (κ1) is 27.7. The van der Waals surface area contributed by atoms with E-state index in [0.29, 0.717) is 4.60 Å². The van der Waals surface area contributed by atoms with Gasteiger partial charge in [-0.05, 0) is 62.4 Å². The molecule has 0 aliphatic carbocycles. The first-order valence-electron chi connectivity index (χ1n) is 10.8. The van der Waals surface area contributed by atoms with Crippen LogP contribution in [0.3, 0.4) is 0 Å². The van der Waals surface area contributed by atoms with E-state index in [1.807, 2.05) is 0 Å². The fourth-order valence-electron chi connectivity index (χ4n) is 4.38. The minimum absolute atomic E-state index is 0.0543. The fraction of sp³-hybridized carbons (Fsp3) is 0.148. The summed E-state index contributed by atoms with van der Waals surface area (Å²) in [5.74, 6) is 0. The SMILES string of the molecule is FC(F)(F)c1cccc(C(c2ccc(Br)nc2)(c2cccc(C(F)(F)F)c2)c2cccc(C(F)(F)F)c2)c1. The summed E-state index contributed by atoms with van der Waals surface area (Å²) in [6.07, 6.45) is -13.3. The second kappa shape index (κ2) is 9.76. The molecular formula is C27H15BrF9N. The Morgan fingerprint density at radius 3 is 1.08 bits per heavy atom. The molecule has 0 amide bonds. The topological polar surface area (TPSA) is 12.9 Å². The van der Waals surface area contributed by atoms with Crippen LogP contribution in [-0.2, 0) is 23.9 Å². The molecule has 0 N–H and O–H groups in total. The Bertz CT molecular complexity index is 1300. The maximum absolute atomic E-state index is 13.7. The number of nitrogens with zero attached hydrogens (tertiary/aromatic N) is 1. The van der Waals surface area contributed by atoms with Gasteiger partial charge < -0.3 is 0 Å². The molecule has 0 aliphatic rings. The van der Waals surface area contributed by atoms with Gasteiger partial charge in [-0.3, -0.25) is 0 Å². The minimum Gasteiger partial charge on any atom is -0.249 e. The highest BCUT2D eigenvalue weighted by molar-refractivity contribution is 9.10. The van der Waals surface area contributed by atoms with Gasteiger partial charge in [0.25, 0.3) is 0 Å². The molecule has 1 aromatic heterocycles. The van der Waals surface area contributed by atoms with Crippen LogP contribution in [0.25, 0.3) is 0 Å². The summed E-state index contributed by atoms with van der Waals surface area (Å²) in [6.45, 7) is 0. The van der Waals surface area contributed by atoms with Crippen molar-refractivity contribution in [3.8, 4) is 0 Å². The molecular weight excluding hydrogens is 589 g/mol. The van der Waals surface area contributed by atoms with Gasteiger partial charge in [0, 0.05) is 6.20 Å². The quantitative estimate of drug-likeness (QED) is 0.129. The molecule has 4 rings (SSSR count). The molecule has 11 heteroatoms. The van der Waals surface area contributed by atoms with Crippen molar-refractivity contribution in [1.29, 1.82) is 0 Å². The summed E-state index contributed by atoms with van der Waals surface area (Å²) in [6, 6.07) is 14.1. The lowest BCUT2D eigenvalue weighted by molar-refractivity contribution is -0.138. The van der Waals surface area contributed by atoms with Crippen molar-refractivity contribution in [2.75, 3.05) is 0 Å². The standard InChI is InChI=1S/C27H15BrF9N/c28-23-11-10-22(15-38-23)24(16-4-1-7-19(12-16)25(29,30)31,17-5-2-8-20(13-17)26(32,33)34)18-6-3-9-21(14-18)27(35,36)37/h1-15H. The first-order valence-corrected chi connectivity index (χ1v) is 11.6. The highest BCUT2D eigenvalue weighted by Gasteiger charge is 2.43. The number of hydrogen-bond acceptors (Lipinski definition) is 1. The average Bonchev–Trinajstić information content (AvgIpc) is 2.85. The molecule has 0 saturated carbocycles. The van der Waals surface area contributed by atoms with Gasteiger partial charge >= 0.3 is 18.5 Å². The predicted molar refractivity (Wildman–Crippen MR) is 125 cm³/mol. The number of pyridine rings is 1. The monoisotopic (exact) mass is 603 g/mol. The molecule has 4 aromatic rings. The molecule has 1 heterocycles. The highest BCUT2D eigenvalue weighted by Crippen LogP contribution is 2.48. The summed E-state index contributed by atoms with van der Waals surface area (Å²) >= 11 is 3.14. The second-order valence-electron chi connectivity index (χ2n) is 8.36. The lowest BCUT2D eigenvalue weighted by Crippen LogP contribution is -2.32. The van der Waals surface area contributed by atoms with Crippen LogP contribution < -0.4 is 0 Å². The Morgan fingerprint density at radius 2 is 0.789 bits per heavy atom. The van der Waals surface area contributed by atoms with Crippen LogP contribution in [-0.4, -0.2) is 4.98 Å². The van der Waals surface area contributed by atoms with Crippen molar-refractivity contribution < 1.29 is 39.5 Å². The summed E-state index contributed by atoms with van der Waals surface area (Å²) in [5.41, 5.74) is -5.95. The first-order chi connectivity index (χ1) is 17.6. The van der Waals surface area contributed by atoms with E-state index >= 15 is 0 Å². The third-order valence-electron chi connectivity index (χ3n) is 6.03. The van der Waals surface area contributed by atoms with Crippen LogP contribution in [0.2, 0.25) is 0 Å². The maximum Gasteiger partial charge on any atom is 0.416 e.